The summed E-state index contributed by atoms with van der Waals surface area (Å²) < 4.78 is 4.95. The molecule has 2 aromatic carbocycles. The van der Waals surface area contributed by atoms with Crippen molar-refractivity contribution in [1.29, 1.82) is 0 Å². The van der Waals surface area contributed by atoms with Gasteiger partial charge in [-0.1, -0.05) is 42.5 Å². The lowest BCUT2D eigenvalue weighted by atomic mass is 9.97. The van der Waals surface area contributed by atoms with Crippen LogP contribution in [-0.4, -0.2) is 17.7 Å². The topological polar surface area (TPSA) is 46.5 Å². The number of fused-ring (bicyclic) bond motifs is 1. The fourth-order valence-electron chi connectivity index (χ4n) is 2.31. The van der Waals surface area contributed by atoms with Crippen LogP contribution in [-0.2, 0) is 9.53 Å². The number of aliphatic hydroxyl groups excluding tert-OH is 1. The highest BCUT2D eigenvalue weighted by Gasteiger charge is 2.24. The van der Waals surface area contributed by atoms with Crippen LogP contribution in [0.5, 0.6) is 0 Å². The first-order valence-corrected chi connectivity index (χ1v) is 6.29. The van der Waals surface area contributed by atoms with Crippen LogP contribution >= 0.6 is 0 Å². The molecule has 0 radical (unpaired) electrons. The van der Waals surface area contributed by atoms with Crippen molar-refractivity contribution in [3.63, 3.8) is 0 Å². The Kier molecular flexibility index (Phi) is 3.05. The lowest BCUT2D eigenvalue weighted by molar-refractivity contribution is -0.141. The molecule has 2 aromatic rings. The third kappa shape index (κ3) is 2.25. The van der Waals surface area contributed by atoms with Crippen molar-refractivity contribution in [1.82, 2.24) is 0 Å². The number of rotatable bonds is 2. The molecular formula is C16H14O3. The summed E-state index contributed by atoms with van der Waals surface area (Å²) in [5.41, 5.74) is 1.05. The molecule has 0 saturated carbocycles. The Morgan fingerprint density at radius 3 is 2.68 bits per heavy atom. The second-order valence-corrected chi connectivity index (χ2v) is 4.59. The molecule has 1 N–H and O–H groups in total. The molecule has 0 aromatic heterocycles. The van der Waals surface area contributed by atoms with Crippen LogP contribution in [0.15, 0.2) is 54.1 Å². The number of ether oxygens (including phenoxy) is 1. The molecule has 3 heteroatoms. The van der Waals surface area contributed by atoms with Crippen LogP contribution in [0, 0.1) is 0 Å². The van der Waals surface area contributed by atoms with Crippen molar-refractivity contribution in [3.8, 4) is 0 Å². The SMILES string of the molecule is O=C1OCCC=C1C(O)c1ccc2ccccc2c1. The van der Waals surface area contributed by atoms with Gasteiger partial charge in [-0.2, -0.15) is 0 Å². The fraction of sp³-hybridized carbons (Fsp3) is 0.188. The number of aliphatic hydroxyl groups is 1. The summed E-state index contributed by atoms with van der Waals surface area (Å²) in [5, 5.41) is 12.5. The van der Waals surface area contributed by atoms with Crippen molar-refractivity contribution in [2.75, 3.05) is 6.61 Å². The number of benzene rings is 2. The summed E-state index contributed by atoms with van der Waals surface area (Å²) >= 11 is 0. The Labute approximate surface area is 111 Å². The molecule has 3 rings (SSSR count). The van der Waals surface area contributed by atoms with E-state index in [0.717, 1.165) is 10.8 Å². The number of cyclic esters (lactones) is 1. The van der Waals surface area contributed by atoms with Crippen LogP contribution in [0.3, 0.4) is 0 Å². The third-order valence-electron chi connectivity index (χ3n) is 3.33. The van der Waals surface area contributed by atoms with Gasteiger partial charge >= 0.3 is 5.97 Å². The van der Waals surface area contributed by atoms with Gasteiger partial charge in [-0.05, 0) is 22.4 Å². The zero-order valence-electron chi connectivity index (χ0n) is 10.4. The molecule has 0 saturated heterocycles. The second-order valence-electron chi connectivity index (χ2n) is 4.59. The van der Waals surface area contributed by atoms with E-state index in [4.69, 9.17) is 4.74 Å². The maximum absolute atomic E-state index is 11.6. The van der Waals surface area contributed by atoms with Crippen LogP contribution in [0.2, 0.25) is 0 Å². The number of carbonyl (C=O) groups excluding carboxylic acids is 1. The minimum absolute atomic E-state index is 0.335. The maximum atomic E-state index is 11.6. The smallest absolute Gasteiger partial charge is 0.336 e. The van der Waals surface area contributed by atoms with Gasteiger partial charge in [0, 0.05) is 6.42 Å². The minimum atomic E-state index is -0.919. The van der Waals surface area contributed by atoms with Gasteiger partial charge in [-0.15, -0.1) is 0 Å². The van der Waals surface area contributed by atoms with Gasteiger partial charge in [0.1, 0.15) is 6.10 Å². The van der Waals surface area contributed by atoms with Crippen LogP contribution < -0.4 is 0 Å². The molecule has 1 heterocycles. The van der Waals surface area contributed by atoms with Gasteiger partial charge < -0.3 is 9.84 Å². The van der Waals surface area contributed by atoms with E-state index < -0.39 is 12.1 Å². The summed E-state index contributed by atoms with van der Waals surface area (Å²) in [6.45, 7) is 0.396. The van der Waals surface area contributed by atoms with E-state index in [1.54, 1.807) is 6.08 Å². The van der Waals surface area contributed by atoms with Crippen LogP contribution in [0.1, 0.15) is 18.1 Å². The van der Waals surface area contributed by atoms with E-state index >= 15 is 0 Å². The van der Waals surface area contributed by atoms with E-state index in [1.165, 1.54) is 0 Å². The average Bonchev–Trinajstić information content (AvgIpc) is 2.46. The van der Waals surface area contributed by atoms with Gasteiger partial charge in [0.05, 0.1) is 12.2 Å². The van der Waals surface area contributed by atoms with Crippen molar-refractivity contribution < 1.29 is 14.6 Å². The molecule has 0 fully saturated rings. The number of hydrogen-bond donors (Lipinski definition) is 1. The quantitative estimate of drug-likeness (QED) is 0.838. The standard InChI is InChI=1S/C16H14O3/c17-15(14-6-3-9-19-16(14)18)13-8-7-11-4-1-2-5-12(11)10-13/h1-2,4-8,10,15,17H,3,9H2. The predicted molar refractivity (Wildman–Crippen MR) is 72.6 cm³/mol. The molecule has 0 bridgehead atoms. The Morgan fingerprint density at radius 2 is 1.89 bits per heavy atom. The van der Waals surface area contributed by atoms with E-state index in [9.17, 15) is 9.90 Å². The molecule has 0 spiro atoms. The van der Waals surface area contributed by atoms with Gasteiger partial charge in [0.2, 0.25) is 0 Å². The molecule has 3 nitrogen and oxygen atoms in total. The Hall–Kier alpha value is -2.13. The van der Waals surface area contributed by atoms with E-state index in [-0.39, 0.29) is 0 Å². The molecule has 19 heavy (non-hydrogen) atoms. The zero-order chi connectivity index (χ0) is 13.2. The number of esters is 1. The lowest BCUT2D eigenvalue weighted by Gasteiger charge is -2.18. The molecular weight excluding hydrogens is 240 g/mol. The van der Waals surface area contributed by atoms with E-state index in [0.29, 0.717) is 24.2 Å². The largest absolute Gasteiger partial charge is 0.462 e. The van der Waals surface area contributed by atoms with E-state index in [2.05, 4.69) is 0 Å². The first-order valence-electron chi connectivity index (χ1n) is 6.29. The van der Waals surface area contributed by atoms with Gasteiger partial charge in [0.15, 0.2) is 0 Å². The Balaban J connectivity index is 1.99. The number of carbonyl (C=O) groups is 1. The van der Waals surface area contributed by atoms with Crippen molar-refractivity contribution in [2.45, 2.75) is 12.5 Å². The molecule has 1 aliphatic rings. The maximum Gasteiger partial charge on any atom is 0.336 e. The highest BCUT2D eigenvalue weighted by atomic mass is 16.5. The summed E-state index contributed by atoms with van der Waals surface area (Å²) in [6.07, 6.45) is 1.50. The molecule has 1 aliphatic heterocycles. The first-order chi connectivity index (χ1) is 9.25. The predicted octanol–water partition coefficient (Wildman–Crippen LogP) is 2.75. The van der Waals surface area contributed by atoms with E-state index in [1.807, 2.05) is 42.5 Å². The molecule has 1 atom stereocenters. The molecule has 0 aliphatic carbocycles. The second kappa shape index (κ2) is 4.86. The Bertz CT molecular complexity index is 658. The average molecular weight is 254 g/mol. The highest BCUT2D eigenvalue weighted by Crippen LogP contribution is 2.27. The Morgan fingerprint density at radius 1 is 1.11 bits per heavy atom. The third-order valence-corrected chi connectivity index (χ3v) is 3.33. The summed E-state index contributed by atoms with van der Waals surface area (Å²) in [5.74, 6) is -0.424. The van der Waals surface area contributed by atoms with Crippen LogP contribution in [0.25, 0.3) is 10.8 Å². The molecule has 0 amide bonds. The zero-order valence-corrected chi connectivity index (χ0v) is 10.4. The van der Waals surface area contributed by atoms with Gasteiger partial charge in [-0.25, -0.2) is 4.79 Å². The summed E-state index contributed by atoms with van der Waals surface area (Å²) in [6, 6.07) is 13.6. The molecule has 96 valence electrons. The fourth-order valence-corrected chi connectivity index (χ4v) is 2.31. The van der Waals surface area contributed by atoms with Crippen molar-refractivity contribution in [3.05, 3.63) is 59.7 Å². The van der Waals surface area contributed by atoms with Gasteiger partial charge in [-0.3, -0.25) is 0 Å². The minimum Gasteiger partial charge on any atom is -0.462 e. The first kappa shape index (κ1) is 11.9. The number of hydrogen-bond acceptors (Lipinski definition) is 3. The monoisotopic (exact) mass is 254 g/mol. The van der Waals surface area contributed by atoms with Gasteiger partial charge in [0.25, 0.3) is 0 Å². The lowest BCUT2D eigenvalue weighted by Crippen LogP contribution is -2.19. The molecule has 1 unspecified atom stereocenters. The van der Waals surface area contributed by atoms with Crippen molar-refractivity contribution in [2.24, 2.45) is 0 Å². The summed E-state index contributed by atoms with van der Waals surface area (Å²) in [7, 11) is 0. The summed E-state index contributed by atoms with van der Waals surface area (Å²) in [4.78, 5) is 11.6. The van der Waals surface area contributed by atoms with Crippen molar-refractivity contribution >= 4 is 16.7 Å². The highest BCUT2D eigenvalue weighted by molar-refractivity contribution is 5.91. The van der Waals surface area contributed by atoms with Crippen LogP contribution in [0.4, 0.5) is 0 Å². The normalized spacial score (nSPS) is 16.9.